The third kappa shape index (κ3) is 30.8. The molecule has 414 valence electrons. The lowest BCUT2D eigenvalue weighted by Crippen LogP contribution is -2.61. The Morgan fingerprint density at radius 1 is 0.457 bits per heavy atom. The molecule has 0 aromatic rings. The number of hydrogen-bond donors (Lipinski definition) is 7. The van der Waals surface area contributed by atoms with Gasteiger partial charge in [0.25, 0.3) is 0 Å². The minimum absolute atomic E-state index is 0.0654. The fourth-order valence-electron chi connectivity index (χ4n) is 9.34. The summed E-state index contributed by atoms with van der Waals surface area (Å²) in [5.41, 5.74) is 0. The van der Waals surface area contributed by atoms with Gasteiger partial charge in [-0.1, -0.05) is 206 Å². The van der Waals surface area contributed by atoms with Crippen LogP contribution in [0.5, 0.6) is 0 Å². The Hall–Kier alpha value is -1.27. The van der Waals surface area contributed by atoms with E-state index in [1.807, 2.05) is 0 Å². The number of allylic oxidation sites excluding steroid dienone is 2. The van der Waals surface area contributed by atoms with Crippen LogP contribution in [-0.4, -0.2) is 142 Å². The maximum absolute atomic E-state index is 13.1. The summed E-state index contributed by atoms with van der Waals surface area (Å²) in [6.45, 7) is 3.73. The molecular weight excluding hydrogens is 897 g/mol. The van der Waals surface area contributed by atoms with E-state index in [9.17, 15) is 40.5 Å². The van der Waals surface area contributed by atoms with Crippen LogP contribution in [-0.2, 0) is 33.2 Å². The predicted molar refractivity (Wildman–Crippen MR) is 275 cm³/mol. The number of hydrogen-bond acceptors (Lipinski definition) is 14. The second-order valence-corrected chi connectivity index (χ2v) is 20.5. The standard InChI is InChI=1S/C56H106O14/c1-3-5-7-9-11-13-15-17-19-21-22-24-26-28-30-32-34-36-38-40-65-42-45(68-48(58)39-37-35-33-31-29-27-25-23-20-18-16-14-12-10-8-6-4-2)43-66-55-54(64)52(62)50(60)47(70-55)44-67-56-53(63)51(61)49(59)46(41-57)69-56/h19,21,45-47,49-57,59-64H,3-18,20,22-44H2,1-2H3/b21-19-. The van der Waals surface area contributed by atoms with Crippen molar-refractivity contribution in [3.05, 3.63) is 12.2 Å². The molecule has 14 nitrogen and oxygen atoms in total. The van der Waals surface area contributed by atoms with Gasteiger partial charge in [-0.3, -0.25) is 4.79 Å². The van der Waals surface area contributed by atoms with Crippen LogP contribution < -0.4 is 0 Å². The summed E-state index contributed by atoms with van der Waals surface area (Å²) in [4.78, 5) is 13.1. The van der Waals surface area contributed by atoms with Crippen molar-refractivity contribution in [2.45, 2.75) is 306 Å². The molecule has 0 amide bonds. The fourth-order valence-corrected chi connectivity index (χ4v) is 9.34. The Bertz CT molecular complexity index is 1210. The van der Waals surface area contributed by atoms with Crippen molar-refractivity contribution >= 4 is 5.97 Å². The summed E-state index contributed by atoms with van der Waals surface area (Å²) < 4.78 is 34.4. The van der Waals surface area contributed by atoms with Crippen molar-refractivity contribution in [3.63, 3.8) is 0 Å². The topological polar surface area (TPSA) is 214 Å². The van der Waals surface area contributed by atoms with Gasteiger partial charge >= 0.3 is 5.97 Å². The fraction of sp³-hybridized carbons (Fsp3) is 0.946. The zero-order chi connectivity index (χ0) is 50.9. The van der Waals surface area contributed by atoms with Gasteiger partial charge < -0.3 is 64.2 Å². The van der Waals surface area contributed by atoms with Crippen LogP contribution in [0.15, 0.2) is 12.2 Å². The molecule has 0 radical (unpaired) electrons. The first-order valence-electron chi connectivity index (χ1n) is 28.8. The molecule has 2 rings (SSSR count). The largest absolute Gasteiger partial charge is 0.457 e. The third-order valence-electron chi connectivity index (χ3n) is 14.0. The Morgan fingerprint density at radius 3 is 1.30 bits per heavy atom. The Kier molecular flexibility index (Phi) is 40.8. The molecular formula is C56H106O14. The van der Waals surface area contributed by atoms with Gasteiger partial charge in [-0.2, -0.15) is 0 Å². The lowest BCUT2D eigenvalue weighted by molar-refractivity contribution is -0.332. The highest BCUT2D eigenvalue weighted by molar-refractivity contribution is 5.69. The highest BCUT2D eigenvalue weighted by Crippen LogP contribution is 2.27. The van der Waals surface area contributed by atoms with Crippen LogP contribution in [0.2, 0.25) is 0 Å². The van der Waals surface area contributed by atoms with Gasteiger partial charge in [0.15, 0.2) is 12.6 Å². The minimum atomic E-state index is -1.70. The first-order chi connectivity index (χ1) is 34.1. The molecule has 0 aromatic heterocycles. The lowest BCUT2D eigenvalue weighted by atomic mass is 9.98. The number of carbonyl (C=O) groups is 1. The molecule has 0 aromatic carbocycles. The van der Waals surface area contributed by atoms with Crippen molar-refractivity contribution in [2.75, 3.05) is 33.0 Å². The maximum Gasteiger partial charge on any atom is 0.306 e. The minimum Gasteiger partial charge on any atom is -0.457 e. The van der Waals surface area contributed by atoms with E-state index in [1.54, 1.807) is 0 Å². The number of aliphatic hydroxyl groups is 7. The van der Waals surface area contributed by atoms with E-state index in [2.05, 4.69) is 26.0 Å². The molecule has 70 heavy (non-hydrogen) atoms. The molecule has 7 N–H and O–H groups in total. The third-order valence-corrected chi connectivity index (χ3v) is 14.0. The first-order valence-corrected chi connectivity index (χ1v) is 28.8. The van der Waals surface area contributed by atoms with E-state index in [4.69, 9.17) is 28.4 Å². The molecule has 0 spiro atoms. The molecule has 0 saturated carbocycles. The molecule has 2 aliphatic rings. The van der Waals surface area contributed by atoms with Gasteiger partial charge in [0, 0.05) is 13.0 Å². The first kappa shape index (κ1) is 64.8. The van der Waals surface area contributed by atoms with E-state index in [0.717, 1.165) is 38.5 Å². The number of unbranched alkanes of at least 4 members (excludes halogenated alkanes) is 31. The van der Waals surface area contributed by atoms with Crippen LogP contribution >= 0.6 is 0 Å². The molecule has 2 saturated heterocycles. The summed E-state index contributed by atoms with van der Waals surface area (Å²) in [5.74, 6) is -0.371. The molecule has 0 aliphatic carbocycles. The zero-order valence-electron chi connectivity index (χ0n) is 44.3. The Labute approximate surface area is 425 Å². The second-order valence-electron chi connectivity index (χ2n) is 20.5. The monoisotopic (exact) mass is 1000 g/mol. The van der Waals surface area contributed by atoms with Gasteiger partial charge in [0.05, 0.1) is 26.4 Å². The predicted octanol–water partition coefficient (Wildman–Crippen LogP) is 9.81. The highest BCUT2D eigenvalue weighted by atomic mass is 16.7. The molecule has 11 atom stereocenters. The van der Waals surface area contributed by atoms with Crippen molar-refractivity contribution in [1.29, 1.82) is 0 Å². The smallest absolute Gasteiger partial charge is 0.306 e. The SMILES string of the molecule is CCCCCCCCC/C=C\CCCCCCCCCCOCC(COC1OC(COC2OC(CO)C(O)C(O)C2O)C(O)C(O)C1O)OC(=O)CCCCCCCCCCCCCCCCCCC. The second kappa shape index (κ2) is 44.1. The average Bonchev–Trinajstić information content (AvgIpc) is 3.36. The maximum atomic E-state index is 13.1. The van der Waals surface area contributed by atoms with E-state index >= 15 is 0 Å². The van der Waals surface area contributed by atoms with Crippen molar-refractivity contribution in [3.8, 4) is 0 Å². The zero-order valence-corrected chi connectivity index (χ0v) is 44.3. The summed E-state index contributed by atoms with van der Waals surface area (Å²) in [5, 5.41) is 72.3. The van der Waals surface area contributed by atoms with Crippen LogP contribution in [0.3, 0.4) is 0 Å². The summed E-state index contributed by atoms with van der Waals surface area (Å²) in [7, 11) is 0. The van der Waals surface area contributed by atoms with Gasteiger partial charge in [-0.25, -0.2) is 0 Å². The molecule has 14 heteroatoms. The summed E-state index contributed by atoms with van der Waals surface area (Å²) in [6, 6.07) is 0. The normalized spacial score (nSPS) is 25.5. The Morgan fingerprint density at radius 2 is 0.843 bits per heavy atom. The van der Waals surface area contributed by atoms with Gasteiger partial charge in [-0.15, -0.1) is 0 Å². The Balaban J connectivity index is 1.72. The van der Waals surface area contributed by atoms with Crippen molar-refractivity contribution in [1.82, 2.24) is 0 Å². The van der Waals surface area contributed by atoms with Gasteiger partial charge in [0.2, 0.25) is 0 Å². The molecule has 0 bridgehead atoms. The van der Waals surface area contributed by atoms with Gasteiger partial charge in [0.1, 0.15) is 54.9 Å². The quantitative estimate of drug-likeness (QED) is 0.0172. The van der Waals surface area contributed by atoms with E-state index in [-0.39, 0.29) is 25.6 Å². The molecule has 2 heterocycles. The number of rotatable bonds is 47. The molecule has 2 aliphatic heterocycles. The number of carbonyl (C=O) groups excluding carboxylic acids is 1. The number of ether oxygens (including phenoxy) is 6. The highest BCUT2D eigenvalue weighted by Gasteiger charge is 2.47. The van der Waals surface area contributed by atoms with Crippen molar-refractivity contribution < 1.29 is 69.0 Å². The lowest BCUT2D eigenvalue weighted by Gasteiger charge is -2.42. The van der Waals surface area contributed by atoms with E-state index < -0.39 is 80.7 Å². The summed E-state index contributed by atoms with van der Waals surface area (Å²) >= 11 is 0. The average molecular weight is 1000 g/mol. The van der Waals surface area contributed by atoms with Crippen LogP contribution in [0.4, 0.5) is 0 Å². The van der Waals surface area contributed by atoms with Crippen molar-refractivity contribution in [2.24, 2.45) is 0 Å². The van der Waals surface area contributed by atoms with E-state index in [0.29, 0.717) is 13.0 Å². The van der Waals surface area contributed by atoms with Crippen LogP contribution in [0.25, 0.3) is 0 Å². The van der Waals surface area contributed by atoms with Crippen LogP contribution in [0.1, 0.15) is 239 Å². The molecule has 2 fully saturated rings. The summed E-state index contributed by atoms with van der Waals surface area (Å²) in [6.07, 6.45) is 31.2. The number of aliphatic hydroxyl groups excluding tert-OH is 7. The van der Waals surface area contributed by atoms with E-state index in [1.165, 1.54) is 173 Å². The molecule has 11 unspecified atom stereocenters. The van der Waals surface area contributed by atoms with Crippen LogP contribution in [0, 0.1) is 0 Å². The number of esters is 1. The van der Waals surface area contributed by atoms with Gasteiger partial charge in [-0.05, 0) is 38.5 Å².